The van der Waals surface area contributed by atoms with Crippen molar-refractivity contribution in [2.24, 2.45) is 10.9 Å². The third kappa shape index (κ3) is 4.19. The first-order chi connectivity index (χ1) is 13.6. The zero-order valence-electron chi connectivity index (χ0n) is 16.9. The first-order valence-electron chi connectivity index (χ1n) is 10.6. The van der Waals surface area contributed by atoms with Crippen LogP contribution < -0.4 is 5.32 Å². The first-order valence-corrected chi connectivity index (χ1v) is 10.6. The van der Waals surface area contributed by atoms with E-state index < -0.39 is 0 Å². The molecule has 0 radical (unpaired) electrons. The summed E-state index contributed by atoms with van der Waals surface area (Å²) in [7, 11) is 0. The van der Waals surface area contributed by atoms with E-state index in [9.17, 15) is 4.79 Å². The van der Waals surface area contributed by atoms with E-state index in [2.05, 4.69) is 60.8 Å². The zero-order valence-corrected chi connectivity index (χ0v) is 16.9. The SMILES string of the molecule is CC(=O)NC1CCC(C2C(CCc3ccc(C)cc3)=Nc3ccccc32)CC1. The molecule has 1 saturated carbocycles. The van der Waals surface area contributed by atoms with Crippen LogP contribution in [0.25, 0.3) is 0 Å². The second kappa shape index (κ2) is 8.30. The van der Waals surface area contributed by atoms with E-state index in [1.54, 1.807) is 6.92 Å². The van der Waals surface area contributed by atoms with Crippen LogP contribution in [0, 0.1) is 12.8 Å². The summed E-state index contributed by atoms with van der Waals surface area (Å²) in [6.07, 6.45) is 6.54. The summed E-state index contributed by atoms with van der Waals surface area (Å²) in [5.74, 6) is 1.17. The number of carbonyl (C=O) groups is 1. The highest BCUT2D eigenvalue weighted by atomic mass is 16.1. The van der Waals surface area contributed by atoms with Crippen molar-refractivity contribution < 1.29 is 4.79 Å². The Morgan fingerprint density at radius 2 is 1.71 bits per heavy atom. The van der Waals surface area contributed by atoms with Crippen molar-refractivity contribution in [1.82, 2.24) is 5.32 Å². The topological polar surface area (TPSA) is 41.5 Å². The highest BCUT2D eigenvalue weighted by molar-refractivity contribution is 5.98. The van der Waals surface area contributed by atoms with Crippen LogP contribution in [-0.2, 0) is 11.2 Å². The van der Waals surface area contributed by atoms with Crippen LogP contribution >= 0.6 is 0 Å². The summed E-state index contributed by atoms with van der Waals surface area (Å²) in [6, 6.07) is 17.9. The molecule has 1 fully saturated rings. The average molecular weight is 375 g/mol. The molecule has 1 amide bonds. The number of benzene rings is 2. The fourth-order valence-corrected chi connectivity index (χ4v) is 4.90. The maximum Gasteiger partial charge on any atom is 0.217 e. The number of aryl methyl sites for hydroxylation is 2. The number of para-hydroxylation sites is 1. The number of hydrogen-bond acceptors (Lipinski definition) is 2. The molecule has 3 nitrogen and oxygen atoms in total. The van der Waals surface area contributed by atoms with Gasteiger partial charge in [-0.3, -0.25) is 9.79 Å². The Bertz CT molecular complexity index is 860. The molecule has 146 valence electrons. The lowest BCUT2D eigenvalue weighted by Gasteiger charge is -2.33. The van der Waals surface area contributed by atoms with Crippen molar-refractivity contribution in [2.45, 2.75) is 64.3 Å². The van der Waals surface area contributed by atoms with E-state index in [-0.39, 0.29) is 5.91 Å². The van der Waals surface area contributed by atoms with Crippen LogP contribution in [-0.4, -0.2) is 17.7 Å². The molecule has 2 aromatic rings. The van der Waals surface area contributed by atoms with Crippen molar-refractivity contribution in [3.05, 3.63) is 65.2 Å². The average Bonchev–Trinajstić information content (AvgIpc) is 3.06. The molecular weight excluding hydrogens is 344 g/mol. The molecule has 0 spiro atoms. The Morgan fingerprint density at radius 1 is 1.00 bits per heavy atom. The number of carbonyl (C=O) groups excluding carboxylic acids is 1. The zero-order chi connectivity index (χ0) is 19.5. The van der Waals surface area contributed by atoms with E-state index in [0.717, 1.165) is 44.2 Å². The van der Waals surface area contributed by atoms with Crippen LogP contribution in [0.1, 0.15) is 61.6 Å². The molecule has 28 heavy (non-hydrogen) atoms. The van der Waals surface area contributed by atoms with Gasteiger partial charge in [0.2, 0.25) is 5.91 Å². The van der Waals surface area contributed by atoms with Crippen molar-refractivity contribution in [2.75, 3.05) is 0 Å². The summed E-state index contributed by atoms with van der Waals surface area (Å²) in [5.41, 5.74) is 6.62. The third-order valence-electron chi connectivity index (χ3n) is 6.34. The van der Waals surface area contributed by atoms with Crippen molar-refractivity contribution in [1.29, 1.82) is 0 Å². The van der Waals surface area contributed by atoms with E-state index in [1.807, 2.05) is 0 Å². The Kier molecular flexibility index (Phi) is 5.61. The lowest BCUT2D eigenvalue weighted by molar-refractivity contribution is -0.119. The third-order valence-corrected chi connectivity index (χ3v) is 6.34. The number of nitrogens with zero attached hydrogens (tertiary/aromatic N) is 1. The van der Waals surface area contributed by atoms with Gasteiger partial charge < -0.3 is 5.32 Å². The molecule has 1 aliphatic carbocycles. The predicted molar refractivity (Wildman–Crippen MR) is 115 cm³/mol. The van der Waals surface area contributed by atoms with Gasteiger partial charge in [-0.05, 0) is 68.6 Å². The lowest BCUT2D eigenvalue weighted by Crippen LogP contribution is -2.37. The smallest absolute Gasteiger partial charge is 0.217 e. The molecule has 3 heteroatoms. The molecule has 1 heterocycles. The van der Waals surface area contributed by atoms with Gasteiger partial charge in [0.1, 0.15) is 0 Å². The number of fused-ring (bicyclic) bond motifs is 1. The van der Waals surface area contributed by atoms with Crippen molar-refractivity contribution >= 4 is 17.3 Å². The van der Waals surface area contributed by atoms with Crippen LogP contribution in [0.2, 0.25) is 0 Å². The Hall–Kier alpha value is -2.42. The molecular formula is C25H30N2O. The van der Waals surface area contributed by atoms with Crippen molar-refractivity contribution in [3.63, 3.8) is 0 Å². The Balaban J connectivity index is 1.48. The molecule has 0 bridgehead atoms. The van der Waals surface area contributed by atoms with Crippen LogP contribution in [0.15, 0.2) is 53.5 Å². The van der Waals surface area contributed by atoms with E-state index in [4.69, 9.17) is 4.99 Å². The fourth-order valence-electron chi connectivity index (χ4n) is 4.90. The maximum absolute atomic E-state index is 11.4. The molecule has 0 saturated heterocycles. The van der Waals surface area contributed by atoms with Gasteiger partial charge in [-0.15, -0.1) is 0 Å². The minimum Gasteiger partial charge on any atom is -0.354 e. The van der Waals surface area contributed by atoms with Gasteiger partial charge in [-0.2, -0.15) is 0 Å². The molecule has 2 aromatic carbocycles. The van der Waals surface area contributed by atoms with E-state index in [1.165, 1.54) is 22.4 Å². The van der Waals surface area contributed by atoms with Gasteiger partial charge in [0, 0.05) is 24.6 Å². The van der Waals surface area contributed by atoms with Crippen LogP contribution in [0.5, 0.6) is 0 Å². The van der Waals surface area contributed by atoms with E-state index in [0.29, 0.717) is 17.9 Å². The van der Waals surface area contributed by atoms with Gasteiger partial charge in [-0.1, -0.05) is 48.0 Å². The standard InChI is InChI=1S/C25H30N2O/c1-17-7-9-19(10-8-17)11-16-24-25(22-5-3-4-6-23(22)27-24)20-12-14-21(15-13-20)26-18(2)28/h3-10,20-21,25H,11-16H2,1-2H3,(H,26,28). The number of nitrogens with one attached hydrogen (secondary N) is 1. The molecule has 2 aliphatic rings. The summed E-state index contributed by atoms with van der Waals surface area (Å²) < 4.78 is 0. The number of hydrogen-bond donors (Lipinski definition) is 1. The number of aliphatic imine (C=N–C) groups is 1. The number of amides is 1. The summed E-state index contributed by atoms with van der Waals surface area (Å²) >= 11 is 0. The summed E-state index contributed by atoms with van der Waals surface area (Å²) in [4.78, 5) is 16.4. The highest BCUT2D eigenvalue weighted by Crippen LogP contribution is 2.45. The normalized spacial score (nSPS) is 23.8. The van der Waals surface area contributed by atoms with E-state index >= 15 is 0 Å². The van der Waals surface area contributed by atoms with Gasteiger partial charge in [-0.25, -0.2) is 0 Å². The van der Waals surface area contributed by atoms with Crippen molar-refractivity contribution in [3.8, 4) is 0 Å². The summed E-state index contributed by atoms with van der Waals surface area (Å²) in [6.45, 7) is 3.75. The molecule has 0 aromatic heterocycles. The predicted octanol–water partition coefficient (Wildman–Crippen LogP) is 5.49. The van der Waals surface area contributed by atoms with Gasteiger partial charge in [0.05, 0.1) is 5.69 Å². The minimum absolute atomic E-state index is 0.0926. The molecule has 1 aliphatic heterocycles. The Labute approximate surface area is 168 Å². The molecule has 4 rings (SSSR count). The molecule has 1 N–H and O–H groups in total. The lowest BCUT2D eigenvalue weighted by atomic mass is 9.73. The second-order valence-corrected chi connectivity index (χ2v) is 8.44. The minimum atomic E-state index is 0.0926. The molecule has 1 unspecified atom stereocenters. The molecule has 1 atom stereocenters. The van der Waals surface area contributed by atoms with Gasteiger partial charge in [0.25, 0.3) is 0 Å². The quantitative estimate of drug-likeness (QED) is 0.738. The summed E-state index contributed by atoms with van der Waals surface area (Å²) in [5, 5.41) is 3.11. The van der Waals surface area contributed by atoms with Gasteiger partial charge >= 0.3 is 0 Å². The van der Waals surface area contributed by atoms with Crippen LogP contribution in [0.3, 0.4) is 0 Å². The maximum atomic E-state index is 11.4. The Morgan fingerprint density at radius 3 is 2.43 bits per heavy atom. The highest BCUT2D eigenvalue weighted by Gasteiger charge is 2.35. The first kappa shape index (κ1) is 18.9. The second-order valence-electron chi connectivity index (χ2n) is 8.44. The van der Waals surface area contributed by atoms with Crippen LogP contribution in [0.4, 0.5) is 5.69 Å². The largest absolute Gasteiger partial charge is 0.354 e. The fraction of sp³-hybridized carbons (Fsp3) is 0.440. The van der Waals surface area contributed by atoms with Gasteiger partial charge in [0.15, 0.2) is 0 Å². The number of rotatable bonds is 5. The monoisotopic (exact) mass is 374 g/mol.